The molecule has 180 valence electrons. The van der Waals surface area contributed by atoms with E-state index in [0.29, 0.717) is 17.2 Å². The highest BCUT2D eigenvalue weighted by Gasteiger charge is 2.29. The Kier molecular flexibility index (Phi) is 9.80. The van der Waals surface area contributed by atoms with Crippen LogP contribution in [0.2, 0.25) is 5.02 Å². The summed E-state index contributed by atoms with van der Waals surface area (Å²) < 4.78 is 6.66. The molecule has 1 atom stereocenters. The Morgan fingerprint density at radius 2 is 1.76 bits per heavy atom. The van der Waals surface area contributed by atoms with Crippen LogP contribution in [0.25, 0.3) is 0 Å². The maximum Gasteiger partial charge on any atom is 0.261 e. The Labute approximate surface area is 211 Å². The second-order valence-electron chi connectivity index (χ2n) is 9.42. The molecule has 2 aromatic rings. The van der Waals surface area contributed by atoms with Crippen LogP contribution in [0, 0.1) is 0 Å². The van der Waals surface area contributed by atoms with E-state index in [9.17, 15) is 9.59 Å². The zero-order valence-electron chi connectivity index (χ0n) is 20.2. The molecule has 0 fully saturated rings. The fourth-order valence-corrected chi connectivity index (χ4v) is 4.01. The number of hydrogen-bond donors (Lipinski definition) is 1. The van der Waals surface area contributed by atoms with Gasteiger partial charge in [-0.05, 0) is 77.0 Å². The van der Waals surface area contributed by atoms with Crippen molar-refractivity contribution >= 4 is 39.3 Å². The molecule has 0 heterocycles. The molecule has 2 aromatic carbocycles. The van der Waals surface area contributed by atoms with Crippen LogP contribution in [0.4, 0.5) is 0 Å². The first kappa shape index (κ1) is 27.2. The summed E-state index contributed by atoms with van der Waals surface area (Å²) in [7, 11) is 0. The number of amides is 2. The summed E-state index contributed by atoms with van der Waals surface area (Å²) in [4.78, 5) is 27.7. The van der Waals surface area contributed by atoms with Crippen LogP contribution >= 0.6 is 27.5 Å². The minimum Gasteiger partial charge on any atom is -0.483 e. The summed E-state index contributed by atoms with van der Waals surface area (Å²) in [5.41, 5.74) is 2.05. The van der Waals surface area contributed by atoms with E-state index in [1.54, 1.807) is 17.0 Å². The van der Waals surface area contributed by atoms with E-state index in [-0.39, 0.29) is 36.4 Å². The molecule has 0 aliphatic carbocycles. The SMILES string of the molecule is CC[C@H](C(=O)NC(C)C)N(Cc1ccc(Cl)cc1)C(=O)COc1ccc(C(C)(C)C)cc1Br. The maximum absolute atomic E-state index is 13.3. The molecule has 7 heteroatoms. The van der Waals surface area contributed by atoms with Crippen molar-refractivity contribution in [3.63, 3.8) is 0 Å². The molecule has 0 radical (unpaired) electrons. The third-order valence-electron chi connectivity index (χ3n) is 5.23. The average Bonchev–Trinajstić information content (AvgIpc) is 2.72. The van der Waals surface area contributed by atoms with Crippen LogP contribution in [0.15, 0.2) is 46.9 Å². The second kappa shape index (κ2) is 11.9. The van der Waals surface area contributed by atoms with Crippen molar-refractivity contribution in [2.24, 2.45) is 0 Å². The van der Waals surface area contributed by atoms with E-state index in [1.807, 2.05) is 51.1 Å². The smallest absolute Gasteiger partial charge is 0.261 e. The molecule has 2 amide bonds. The monoisotopic (exact) mass is 536 g/mol. The van der Waals surface area contributed by atoms with Gasteiger partial charge in [0.1, 0.15) is 11.8 Å². The van der Waals surface area contributed by atoms with Crippen molar-refractivity contribution in [3.05, 3.63) is 63.1 Å². The van der Waals surface area contributed by atoms with Crippen LogP contribution in [0.3, 0.4) is 0 Å². The molecule has 0 unspecified atom stereocenters. The lowest BCUT2D eigenvalue weighted by molar-refractivity contribution is -0.143. The highest BCUT2D eigenvalue weighted by molar-refractivity contribution is 9.10. The number of carbonyl (C=O) groups is 2. The number of nitrogens with one attached hydrogen (secondary N) is 1. The first-order valence-corrected chi connectivity index (χ1v) is 12.4. The Bertz CT molecular complexity index is 955. The first-order valence-electron chi connectivity index (χ1n) is 11.2. The zero-order valence-corrected chi connectivity index (χ0v) is 22.6. The van der Waals surface area contributed by atoms with Crippen molar-refractivity contribution in [1.82, 2.24) is 10.2 Å². The van der Waals surface area contributed by atoms with Gasteiger partial charge in [0.05, 0.1) is 4.47 Å². The van der Waals surface area contributed by atoms with Gasteiger partial charge in [0.2, 0.25) is 5.91 Å². The van der Waals surface area contributed by atoms with Gasteiger partial charge in [-0.2, -0.15) is 0 Å². The van der Waals surface area contributed by atoms with E-state index in [2.05, 4.69) is 42.0 Å². The van der Waals surface area contributed by atoms with Crippen molar-refractivity contribution in [2.45, 2.75) is 72.0 Å². The summed E-state index contributed by atoms with van der Waals surface area (Å²) in [5.74, 6) is 0.149. The molecule has 1 N–H and O–H groups in total. The summed E-state index contributed by atoms with van der Waals surface area (Å²) in [6.45, 7) is 12.2. The molecule has 2 rings (SSSR count). The van der Waals surface area contributed by atoms with Crippen molar-refractivity contribution in [2.75, 3.05) is 6.61 Å². The Balaban J connectivity index is 2.23. The fourth-order valence-electron chi connectivity index (χ4n) is 3.39. The first-order chi connectivity index (χ1) is 15.4. The van der Waals surface area contributed by atoms with Gasteiger partial charge in [-0.25, -0.2) is 0 Å². The van der Waals surface area contributed by atoms with Crippen LogP contribution in [-0.4, -0.2) is 35.4 Å². The fraction of sp³-hybridized carbons (Fsp3) is 0.462. The average molecular weight is 538 g/mol. The van der Waals surface area contributed by atoms with Crippen molar-refractivity contribution < 1.29 is 14.3 Å². The topological polar surface area (TPSA) is 58.6 Å². The zero-order chi connectivity index (χ0) is 24.8. The van der Waals surface area contributed by atoms with Gasteiger partial charge in [-0.15, -0.1) is 0 Å². The molecule has 0 aliphatic heterocycles. The van der Waals surface area contributed by atoms with Gasteiger partial charge < -0.3 is 15.0 Å². The minimum atomic E-state index is -0.606. The Morgan fingerprint density at radius 3 is 2.27 bits per heavy atom. The van der Waals surface area contributed by atoms with Gasteiger partial charge in [0.15, 0.2) is 6.61 Å². The van der Waals surface area contributed by atoms with Crippen LogP contribution in [0.1, 0.15) is 59.1 Å². The van der Waals surface area contributed by atoms with E-state index < -0.39 is 6.04 Å². The summed E-state index contributed by atoms with van der Waals surface area (Å²) in [6.07, 6.45) is 0.488. The predicted molar refractivity (Wildman–Crippen MR) is 138 cm³/mol. The highest BCUT2D eigenvalue weighted by Crippen LogP contribution is 2.31. The molecular weight excluding hydrogens is 504 g/mol. The lowest BCUT2D eigenvalue weighted by Crippen LogP contribution is -2.51. The number of hydrogen-bond acceptors (Lipinski definition) is 3. The molecule has 0 saturated carbocycles. The van der Waals surface area contributed by atoms with Gasteiger partial charge in [0.25, 0.3) is 5.91 Å². The molecule has 33 heavy (non-hydrogen) atoms. The second-order valence-corrected chi connectivity index (χ2v) is 10.7. The van der Waals surface area contributed by atoms with E-state index >= 15 is 0 Å². The van der Waals surface area contributed by atoms with E-state index in [0.717, 1.165) is 15.6 Å². The number of rotatable bonds is 9. The Hall–Kier alpha value is -2.05. The van der Waals surface area contributed by atoms with Crippen LogP contribution < -0.4 is 10.1 Å². The van der Waals surface area contributed by atoms with Gasteiger partial charge in [0, 0.05) is 17.6 Å². The van der Waals surface area contributed by atoms with Gasteiger partial charge in [-0.1, -0.05) is 57.5 Å². The molecular formula is C26H34BrClN2O3. The summed E-state index contributed by atoms with van der Waals surface area (Å²) >= 11 is 9.56. The molecule has 0 aromatic heterocycles. The summed E-state index contributed by atoms with van der Waals surface area (Å²) in [6, 6.07) is 12.5. The molecule has 5 nitrogen and oxygen atoms in total. The number of carbonyl (C=O) groups excluding carboxylic acids is 2. The van der Waals surface area contributed by atoms with Gasteiger partial charge >= 0.3 is 0 Å². The number of ether oxygens (including phenoxy) is 1. The lowest BCUT2D eigenvalue weighted by Gasteiger charge is -2.31. The molecule has 0 aliphatic rings. The molecule has 0 saturated heterocycles. The normalized spacial score (nSPS) is 12.4. The molecule has 0 bridgehead atoms. The van der Waals surface area contributed by atoms with E-state index in [1.165, 1.54) is 0 Å². The van der Waals surface area contributed by atoms with Gasteiger partial charge in [-0.3, -0.25) is 9.59 Å². The minimum absolute atomic E-state index is 0.00434. The third-order valence-corrected chi connectivity index (χ3v) is 6.10. The lowest BCUT2D eigenvalue weighted by atomic mass is 9.87. The maximum atomic E-state index is 13.3. The predicted octanol–water partition coefficient (Wildman–Crippen LogP) is 6.11. The number of halogens is 2. The quantitative estimate of drug-likeness (QED) is 0.420. The molecule has 0 spiro atoms. The van der Waals surface area contributed by atoms with Crippen LogP contribution in [0.5, 0.6) is 5.75 Å². The largest absolute Gasteiger partial charge is 0.483 e. The third kappa shape index (κ3) is 8.04. The van der Waals surface area contributed by atoms with Crippen molar-refractivity contribution in [3.8, 4) is 5.75 Å². The van der Waals surface area contributed by atoms with E-state index in [4.69, 9.17) is 16.3 Å². The highest BCUT2D eigenvalue weighted by atomic mass is 79.9. The number of benzene rings is 2. The van der Waals surface area contributed by atoms with Crippen LogP contribution in [-0.2, 0) is 21.5 Å². The Morgan fingerprint density at radius 1 is 1.12 bits per heavy atom. The summed E-state index contributed by atoms with van der Waals surface area (Å²) in [5, 5.41) is 3.54. The van der Waals surface area contributed by atoms with Crippen molar-refractivity contribution in [1.29, 1.82) is 0 Å². The number of nitrogens with zero attached hydrogens (tertiary/aromatic N) is 1. The standard InChI is InChI=1S/C26H34BrClN2O3/c1-7-22(25(32)29-17(2)3)30(15-18-8-11-20(28)12-9-18)24(31)16-33-23-13-10-19(14-21(23)27)26(4,5)6/h8-14,17,22H,7,15-16H2,1-6H3,(H,29,32)/t22-/m1/s1.